The molecule has 14 heavy (non-hydrogen) atoms. The van der Waals surface area contributed by atoms with E-state index in [1.165, 1.54) is 6.42 Å². The van der Waals surface area contributed by atoms with Crippen molar-refractivity contribution in [2.75, 3.05) is 19.1 Å². The Hall–Kier alpha value is -0.220. The second kappa shape index (κ2) is 5.61. The van der Waals surface area contributed by atoms with Gasteiger partial charge in [0.05, 0.1) is 6.04 Å². The molecule has 82 valence electrons. The van der Waals surface area contributed by atoms with E-state index < -0.39 is 0 Å². The van der Waals surface area contributed by atoms with Crippen LogP contribution in [0.3, 0.4) is 0 Å². The van der Waals surface area contributed by atoms with E-state index in [0.717, 1.165) is 25.0 Å². The van der Waals surface area contributed by atoms with Gasteiger partial charge in [0.1, 0.15) is 0 Å². The van der Waals surface area contributed by atoms with Crippen LogP contribution >= 0.6 is 11.8 Å². The minimum absolute atomic E-state index is 0.115. The lowest BCUT2D eigenvalue weighted by Crippen LogP contribution is -2.49. The van der Waals surface area contributed by atoms with Gasteiger partial charge in [0.15, 0.2) is 0 Å². The number of nitrogens with zero attached hydrogens (tertiary/aromatic N) is 1. The summed E-state index contributed by atoms with van der Waals surface area (Å²) in [6.07, 6.45) is 6.38. The fraction of sp³-hybridized carbons (Fsp3) is 0.900. The van der Waals surface area contributed by atoms with Crippen LogP contribution in [0.2, 0.25) is 0 Å². The molecule has 0 saturated heterocycles. The molecule has 4 heteroatoms. The van der Waals surface area contributed by atoms with Crippen molar-refractivity contribution in [3.8, 4) is 0 Å². The van der Waals surface area contributed by atoms with Crippen LogP contribution in [-0.4, -0.2) is 41.9 Å². The number of hydrogen-bond acceptors (Lipinski definition) is 3. The topological polar surface area (TPSA) is 46.3 Å². The highest BCUT2D eigenvalue weighted by Gasteiger charge is 2.28. The van der Waals surface area contributed by atoms with Gasteiger partial charge in [-0.25, -0.2) is 0 Å². The van der Waals surface area contributed by atoms with Gasteiger partial charge in [0, 0.05) is 13.1 Å². The first-order chi connectivity index (χ1) is 6.66. The van der Waals surface area contributed by atoms with Crippen molar-refractivity contribution in [3.63, 3.8) is 0 Å². The first kappa shape index (κ1) is 11.9. The zero-order valence-electron chi connectivity index (χ0n) is 9.03. The standard InChI is InChI=1S/C10H20N2OS/c1-12(8-4-3-5-8)10(13)9(11)6-7-14-2/h8-9H,3-7,11H2,1-2H3/t9-/m0/s1. The minimum atomic E-state index is -0.298. The number of thioether (sulfide) groups is 1. The highest BCUT2D eigenvalue weighted by atomic mass is 32.2. The van der Waals surface area contributed by atoms with E-state index in [2.05, 4.69) is 0 Å². The smallest absolute Gasteiger partial charge is 0.239 e. The van der Waals surface area contributed by atoms with Crippen molar-refractivity contribution in [2.24, 2.45) is 5.73 Å². The zero-order chi connectivity index (χ0) is 10.6. The minimum Gasteiger partial charge on any atom is -0.341 e. The Bertz CT molecular complexity index is 195. The van der Waals surface area contributed by atoms with Gasteiger partial charge < -0.3 is 10.6 Å². The molecule has 1 atom stereocenters. The molecule has 0 bridgehead atoms. The van der Waals surface area contributed by atoms with Gasteiger partial charge in [-0.05, 0) is 37.7 Å². The second-order valence-corrected chi connectivity index (χ2v) is 4.91. The number of likely N-dealkylation sites (N-methyl/N-ethyl adjacent to an activating group) is 1. The van der Waals surface area contributed by atoms with E-state index in [1.54, 1.807) is 11.8 Å². The fourth-order valence-electron chi connectivity index (χ4n) is 1.58. The molecule has 0 aliphatic heterocycles. The molecule has 1 saturated carbocycles. The molecule has 2 N–H and O–H groups in total. The molecule has 0 aromatic carbocycles. The van der Waals surface area contributed by atoms with Crippen LogP contribution in [0.4, 0.5) is 0 Å². The van der Waals surface area contributed by atoms with E-state index in [-0.39, 0.29) is 11.9 Å². The molecule has 0 aromatic heterocycles. The molecule has 0 aromatic rings. The Balaban J connectivity index is 2.30. The Morgan fingerprint density at radius 3 is 2.71 bits per heavy atom. The van der Waals surface area contributed by atoms with E-state index >= 15 is 0 Å². The van der Waals surface area contributed by atoms with Crippen molar-refractivity contribution >= 4 is 17.7 Å². The summed E-state index contributed by atoms with van der Waals surface area (Å²) < 4.78 is 0. The van der Waals surface area contributed by atoms with Crippen LogP contribution in [0.25, 0.3) is 0 Å². The highest BCUT2D eigenvalue weighted by Crippen LogP contribution is 2.24. The normalized spacial score (nSPS) is 18.8. The number of hydrogen-bond donors (Lipinski definition) is 1. The van der Waals surface area contributed by atoms with Crippen molar-refractivity contribution < 1.29 is 4.79 Å². The monoisotopic (exact) mass is 216 g/mol. The number of nitrogens with two attached hydrogens (primary N) is 1. The average Bonchev–Trinajstić information content (AvgIpc) is 2.10. The Labute approximate surface area is 90.4 Å². The van der Waals surface area contributed by atoms with Crippen LogP contribution in [0.1, 0.15) is 25.7 Å². The molecule has 0 radical (unpaired) electrons. The highest BCUT2D eigenvalue weighted by molar-refractivity contribution is 7.98. The Morgan fingerprint density at radius 1 is 1.64 bits per heavy atom. The summed E-state index contributed by atoms with van der Waals surface area (Å²) in [6, 6.07) is 0.163. The summed E-state index contributed by atoms with van der Waals surface area (Å²) in [5.41, 5.74) is 5.82. The third kappa shape index (κ3) is 2.89. The van der Waals surface area contributed by atoms with E-state index in [0.29, 0.717) is 6.04 Å². The molecule has 0 heterocycles. The zero-order valence-corrected chi connectivity index (χ0v) is 9.85. The third-order valence-corrected chi connectivity index (χ3v) is 3.56. The molecular weight excluding hydrogens is 196 g/mol. The molecule has 1 amide bonds. The number of amides is 1. The predicted octanol–water partition coefficient (Wildman–Crippen LogP) is 1.08. The molecule has 0 unspecified atom stereocenters. The summed E-state index contributed by atoms with van der Waals surface area (Å²) in [6.45, 7) is 0. The molecule has 1 fully saturated rings. The summed E-state index contributed by atoms with van der Waals surface area (Å²) >= 11 is 1.74. The number of carbonyl (C=O) groups is 1. The summed E-state index contributed by atoms with van der Waals surface area (Å²) in [5.74, 6) is 1.08. The van der Waals surface area contributed by atoms with Gasteiger partial charge in [-0.3, -0.25) is 4.79 Å². The van der Waals surface area contributed by atoms with Crippen LogP contribution in [0.5, 0.6) is 0 Å². The van der Waals surface area contributed by atoms with Crippen molar-refractivity contribution in [2.45, 2.75) is 37.8 Å². The largest absolute Gasteiger partial charge is 0.341 e. The predicted molar refractivity (Wildman–Crippen MR) is 61.4 cm³/mol. The van der Waals surface area contributed by atoms with Gasteiger partial charge in [-0.2, -0.15) is 11.8 Å². The van der Waals surface area contributed by atoms with Crippen LogP contribution in [-0.2, 0) is 4.79 Å². The maximum Gasteiger partial charge on any atom is 0.239 e. The maximum absolute atomic E-state index is 11.8. The Kier molecular flexibility index (Phi) is 4.75. The van der Waals surface area contributed by atoms with Gasteiger partial charge in [0.2, 0.25) is 5.91 Å². The summed E-state index contributed by atoms with van der Waals surface area (Å²) in [4.78, 5) is 13.6. The second-order valence-electron chi connectivity index (χ2n) is 3.92. The van der Waals surface area contributed by atoms with Gasteiger partial charge >= 0.3 is 0 Å². The van der Waals surface area contributed by atoms with Gasteiger partial charge in [0.25, 0.3) is 0 Å². The van der Waals surface area contributed by atoms with Crippen molar-refractivity contribution in [3.05, 3.63) is 0 Å². The lowest BCUT2D eigenvalue weighted by molar-refractivity contribution is -0.134. The van der Waals surface area contributed by atoms with E-state index in [1.807, 2.05) is 18.2 Å². The van der Waals surface area contributed by atoms with Crippen LogP contribution in [0, 0.1) is 0 Å². The molecule has 0 spiro atoms. The maximum atomic E-state index is 11.8. The fourth-order valence-corrected chi connectivity index (χ4v) is 2.07. The SMILES string of the molecule is CSCC[C@H](N)C(=O)N(C)C1CCC1. The van der Waals surface area contributed by atoms with Crippen LogP contribution < -0.4 is 5.73 Å². The summed E-state index contributed by atoms with van der Waals surface area (Å²) in [7, 11) is 1.88. The summed E-state index contributed by atoms with van der Waals surface area (Å²) in [5, 5.41) is 0. The molecule has 3 nitrogen and oxygen atoms in total. The average molecular weight is 216 g/mol. The first-order valence-electron chi connectivity index (χ1n) is 5.18. The van der Waals surface area contributed by atoms with E-state index in [9.17, 15) is 4.79 Å². The molecule has 1 rings (SSSR count). The van der Waals surface area contributed by atoms with Crippen molar-refractivity contribution in [1.29, 1.82) is 0 Å². The molecule has 1 aliphatic carbocycles. The van der Waals surface area contributed by atoms with Gasteiger partial charge in [-0.1, -0.05) is 0 Å². The number of rotatable bonds is 5. The first-order valence-corrected chi connectivity index (χ1v) is 6.57. The number of carbonyl (C=O) groups excluding carboxylic acids is 1. The third-order valence-electron chi connectivity index (χ3n) is 2.92. The van der Waals surface area contributed by atoms with Gasteiger partial charge in [-0.15, -0.1) is 0 Å². The van der Waals surface area contributed by atoms with E-state index in [4.69, 9.17) is 5.73 Å². The molecular formula is C10H20N2OS. The lowest BCUT2D eigenvalue weighted by Gasteiger charge is -2.36. The quantitative estimate of drug-likeness (QED) is 0.748. The molecule has 1 aliphatic rings. The van der Waals surface area contributed by atoms with Crippen molar-refractivity contribution in [1.82, 2.24) is 4.90 Å². The Morgan fingerprint density at radius 2 is 2.29 bits per heavy atom. The van der Waals surface area contributed by atoms with Crippen LogP contribution in [0.15, 0.2) is 0 Å². The lowest BCUT2D eigenvalue weighted by atomic mass is 9.91.